The number of ether oxygens (including phenoxy) is 1. The summed E-state index contributed by atoms with van der Waals surface area (Å²) in [4.78, 5) is 12.7. The van der Waals surface area contributed by atoms with Gasteiger partial charge in [-0.3, -0.25) is 0 Å². The van der Waals surface area contributed by atoms with Gasteiger partial charge >= 0.3 is 5.97 Å². The smallest absolute Gasteiger partial charge is 0.340 e. The van der Waals surface area contributed by atoms with Crippen molar-refractivity contribution in [2.45, 2.75) is 33.1 Å². The maximum atomic E-state index is 12.7. The lowest BCUT2D eigenvalue weighted by Gasteiger charge is -2.39. The molecule has 1 aliphatic rings. The molecule has 5 heteroatoms. The summed E-state index contributed by atoms with van der Waals surface area (Å²) in [6.07, 6.45) is 2.10. The van der Waals surface area contributed by atoms with Crippen molar-refractivity contribution in [1.29, 1.82) is 0 Å². The average molecular weight is 382 g/mol. The molecule has 0 spiro atoms. The van der Waals surface area contributed by atoms with Crippen LogP contribution in [0.15, 0.2) is 60.8 Å². The van der Waals surface area contributed by atoms with E-state index in [1.54, 1.807) is 0 Å². The van der Waals surface area contributed by atoms with Gasteiger partial charge in [-0.15, -0.1) is 0 Å². The van der Waals surface area contributed by atoms with E-state index in [1.807, 2.05) is 37.3 Å². The van der Waals surface area contributed by atoms with Gasteiger partial charge in [0.2, 0.25) is 0 Å². The molecule has 0 aromatic heterocycles. The Morgan fingerprint density at radius 1 is 0.923 bits per heavy atom. The highest BCUT2D eigenvalue weighted by Gasteiger charge is 2.50. The zero-order chi connectivity index (χ0) is 18.9. The first-order valence-corrected chi connectivity index (χ1v) is 15.0. The van der Waals surface area contributed by atoms with Gasteiger partial charge in [-0.2, -0.15) is 0 Å². The zero-order valence-corrected chi connectivity index (χ0v) is 18.2. The van der Waals surface area contributed by atoms with Gasteiger partial charge < -0.3 is 8.97 Å². The van der Waals surface area contributed by atoms with Crippen LogP contribution >= 0.6 is 0 Å². The van der Waals surface area contributed by atoms with E-state index < -0.39 is 16.5 Å². The first kappa shape index (κ1) is 18.7. The molecule has 0 unspecified atom stereocenters. The molecule has 2 aromatic rings. The number of carbonyl (C=O) groups excluding carboxylic acids is 1. The molecule has 0 N–H and O–H groups in total. The molecule has 0 saturated carbocycles. The van der Waals surface area contributed by atoms with Crippen LogP contribution in [0.3, 0.4) is 0 Å². The molecule has 0 saturated heterocycles. The van der Waals surface area contributed by atoms with Crippen molar-refractivity contribution in [3.63, 3.8) is 0 Å². The molecule has 26 heavy (non-hydrogen) atoms. The van der Waals surface area contributed by atoms with E-state index in [0.717, 1.165) is 5.56 Å². The molecular weight excluding hydrogens is 354 g/mol. The Bertz CT molecular complexity index is 809. The molecule has 1 aliphatic heterocycles. The maximum absolute atomic E-state index is 12.7. The van der Waals surface area contributed by atoms with Crippen LogP contribution in [0.1, 0.15) is 12.5 Å². The van der Waals surface area contributed by atoms with Crippen LogP contribution in [0.4, 0.5) is 0 Å². The summed E-state index contributed by atoms with van der Waals surface area (Å²) < 4.78 is 7.94. The zero-order valence-electron chi connectivity index (χ0n) is 16.2. The quantitative estimate of drug-likeness (QED) is 0.462. The number of carbonyl (C=O) groups is 1. The van der Waals surface area contributed by atoms with Crippen LogP contribution in [0.25, 0.3) is 5.57 Å². The fourth-order valence-corrected chi connectivity index (χ4v) is 16.1. The summed E-state index contributed by atoms with van der Waals surface area (Å²) in [5.41, 5.74) is 1.57. The highest BCUT2D eigenvalue weighted by molar-refractivity contribution is 7.10. The topological polar surface area (TPSA) is 29.5 Å². The van der Waals surface area contributed by atoms with Crippen molar-refractivity contribution in [3.8, 4) is 0 Å². The van der Waals surface area contributed by atoms with Crippen molar-refractivity contribution < 1.29 is 9.53 Å². The Kier molecular flexibility index (Phi) is 4.95. The molecule has 3 rings (SSSR count). The van der Waals surface area contributed by atoms with E-state index in [2.05, 4.69) is 60.9 Å². The van der Waals surface area contributed by atoms with Gasteiger partial charge in [0.25, 0.3) is 0 Å². The van der Waals surface area contributed by atoms with Crippen molar-refractivity contribution in [1.82, 2.24) is 4.23 Å². The average Bonchev–Trinajstić information content (AvgIpc) is 2.77. The van der Waals surface area contributed by atoms with E-state index >= 15 is 0 Å². The van der Waals surface area contributed by atoms with Crippen LogP contribution in [-0.2, 0) is 9.53 Å². The maximum Gasteiger partial charge on any atom is 0.340 e. The number of rotatable bonds is 4. The normalized spacial score (nSPS) is 17.7. The van der Waals surface area contributed by atoms with E-state index in [-0.39, 0.29) is 5.97 Å². The summed E-state index contributed by atoms with van der Waals surface area (Å²) >= 11 is 0. The summed E-state index contributed by atoms with van der Waals surface area (Å²) in [5.74, 6) is -0.246. The predicted molar refractivity (Wildman–Crippen MR) is 114 cm³/mol. The molecular formula is C21H27NO2Si2. The molecule has 0 aliphatic carbocycles. The van der Waals surface area contributed by atoms with Crippen molar-refractivity contribution in [2.75, 3.05) is 6.61 Å². The third-order valence-electron chi connectivity index (χ3n) is 5.29. The molecule has 2 aromatic carbocycles. The Labute approximate surface area is 158 Å². The Morgan fingerprint density at radius 2 is 1.42 bits per heavy atom. The molecule has 0 radical (unpaired) electrons. The number of nitrogens with zero attached hydrogens (tertiary/aromatic N) is 1. The minimum absolute atomic E-state index is 0.246. The molecule has 0 amide bonds. The number of fused-ring (bicyclic) bond motifs is 1. The molecule has 0 fully saturated rings. The van der Waals surface area contributed by atoms with Crippen molar-refractivity contribution >= 4 is 38.4 Å². The predicted octanol–water partition coefficient (Wildman–Crippen LogP) is 3.43. The Balaban J connectivity index is 2.15. The third kappa shape index (κ3) is 3.06. The molecule has 0 atom stereocenters. The lowest BCUT2D eigenvalue weighted by atomic mass is 10.1. The van der Waals surface area contributed by atoms with Crippen LogP contribution < -0.4 is 10.4 Å². The number of benzene rings is 2. The minimum Gasteiger partial charge on any atom is -0.462 e. The number of hydrogen-bond acceptors (Lipinski definition) is 3. The largest absolute Gasteiger partial charge is 0.462 e. The van der Waals surface area contributed by atoms with Crippen molar-refractivity contribution in [3.05, 3.63) is 66.4 Å². The highest BCUT2D eigenvalue weighted by Crippen LogP contribution is 2.29. The summed E-state index contributed by atoms with van der Waals surface area (Å²) in [6, 6.07) is 18.7. The standard InChI is InChI=1S/C21H27NO2Si2/c1-6-24-21(23)18(17-12-8-7-9-13-17)16-22-25(2,3)19-14-10-11-15-20(19)26(22,4)5/h7-16H,6H2,1-5H3/b18-16-. The second-order valence-corrected chi connectivity index (χ2v) is 16.4. The molecule has 136 valence electrons. The monoisotopic (exact) mass is 381 g/mol. The van der Waals surface area contributed by atoms with Gasteiger partial charge in [-0.1, -0.05) is 54.6 Å². The lowest BCUT2D eigenvalue weighted by Crippen LogP contribution is -2.57. The van der Waals surface area contributed by atoms with Crippen LogP contribution in [0, 0.1) is 0 Å². The highest BCUT2D eigenvalue weighted by atomic mass is 28.4. The van der Waals surface area contributed by atoms with Gasteiger partial charge in [-0.25, -0.2) is 4.79 Å². The minimum atomic E-state index is -1.88. The van der Waals surface area contributed by atoms with E-state index in [4.69, 9.17) is 4.74 Å². The van der Waals surface area contributed by atoms with Crippen molar-refractivity contribution in [2.24, 2.45) is 0 Å². The molecule has 3 nitrogen and oxygen atoms in total. The lowest BCUT2D eigenvalue weighted by molar-refractivity contribution is -0.136. The molecule has 0 bridgehead atoms. The summed E-state index contributed by atoms with van der Waals surface area (Å²) in [6.45, 7) is 11.7. The van der Waals surface area contributed by atoms with Crippen LogP contribution in [0.5, 0.6) is 0 Å². The first-order chi connectivity index (χ1) is 12.3. The van der Waals surface area contributed by atoms with Gasteiger partial charge in [0.15, 0.2) is 16.5 Å². The van der Waals surface area contributed by atoms with E-state index in [0.29, 0.717) is 12.2 Å². The van der Waals surface area contributed by atoms with E-state index in [1.165, 1.54) is 10.4 Å². The first-order valence-electron chi connectivity index (χ1n) is 9.14. The van der Waals surface area contributed by atoms with Gasteiger partial charge in [0.05, 0.1) is 12.2 Å². The van der Waals surface area contributed by atoms with Crippen LogP contribution in [0.2, 0.25) is 26.2 Å². The van der Waals surface area contributed by atoms with E-state index in [9.17, 15) is 4.79 Å². The summed E-state index contributed by atoms with van der Waals surface area (Å²) in [7, 11) is -3.76. The SMILES string of the molecule is CCOC(=O)/C(=C\N1[Si](C)(C)c2ccccc2[Si]1(C)C)c1ccccc1. The fraction of sp³-hybridized carbons (Fsp3) is 0.286. The number of esters is 1. The summed E-state index contributed by atoms with van der Waals surface area (Å²) in [5, 5.41) is 2.98. The van der Waals surface area contributed by atoms with Gasteiger partial charge in [0.1, 0.15) is 0 Å². The van der Waals surface area contributed by atoms with Gasteiger partial charge in [-0.05, 0) is 55.2 Å². The number of hydrogen-bond donors (Lipinski definition) is 0. The van der Waals surface area contributed by atoms with Gasteiger partial charge in [0, 0.05) is 0 Å². The Morgan fingerprint density at radius 3 is 1.92 bits per heavy atom. The second-order valence-electron chi connectivity index (χ2n) is 7.66. The fourth-order valence-electron chi connectivity index (χ4n) is 4.03. The third-order valence-corrected chi connectivity index (χ3v) is 15.1. The Hall–Kier alpha value is -2.12. The second kappa shape index (κ2) is 6.89. The molecule has 1 heterocycles. The van der Waals surface area contributed by atoms with Crippen LogP contribution in [-0.4, -0.2) is 33.3 Å².